The van der Waals surface area contributed by atoms with Gasteiger partial charge in [-0.25, -0.2) is 0 Å². The fraction of sp³-hybridized carbons (Fsp3) is 0.615. The third-order valence-corrected chi connectivity index (χ3v) is 3.52. The van der Waals surface area contributed by atoms with Crippen LogP contribution in [0.3, 0.4) is 0 Å². The summed E-state index contributed by atoms with van der Waals surface area (Å²) in [5.41, 5.74) is 4.54. The fourth-order valence-electron chi connectivity index (χ4n) is 2.41. The predicted octanol–water partition coefficient (Wildman–Crippen LogP) is 2.55. The van der Waals surface area contributed by atoms with Gasteiger partial charge in [0.2, 0.25) is 5.88 Å². The van der Waals surface area contributed by atoms with Crippen LogP contribution in [0.25, 0.3) is 0 Å². The molecule has 1 atom stereocenters. The molecule has 1 fully saturated rings. The van der Waals surface area contributed by atoms with Gasteiger partial charge in [0.25, 0.3) is 0 Å². The number of hydrogen-bond acceptors (Lipinski definition) is 4. The molecule has 0 bridgehead atoms. The van der Waals surface area contributed by atoms with Gasteiger partial charge in [-0.2, -0.15) is 18.2 Å². The summed E-state index contributed by atoms with van der Waals surface area (Å²) in [6.07, 6.45) is -1.43. The molecule has 1 aromatic heterocycles. The van der Waals surface area contributed by atoms with E-state index in [9.17, 15) is 13.2 Å². The summed E-state index contributed by atoms with van der Waals surface area (Å²) >= 11 is 0. The van der Waals surface area contributed by atoms with Crippen molar-refractivity contribution in [2.24, 2.45) is 0 Å². The van der Waals surface area contributed by atoms with Gasteiger partial charge < -0.3 is 15.4 Å². The van der Waals surface area contributed by atoms with E-state index in [1.54, 1.807) is 0 Å². The van der Waals surface area contributed by atoms with E-state index in [4.69, 9.17) is 10.5 Å². The van der Waals surface area contributed by atoms with Crippen molar-refractivity contribution >= 4 is 5.82 Å². The normalized spacial score (nSPS) is 20.3. The molecule has 0 aliphatic carbocycles. The first-order valence-corrected chi connectivity index (χ1v) is 6.54. The average Bonchev–Trinajstić information content (AvgIpc) is 2.73. The van der Waals surface area contributed by atoms with Crippen LogP contribution < -0.4 is 10.5 Å². The zero-order valence-electron chi connectivity index (χ0n) is 11.3. The molecule has 1 unspecified atom stereocenters. The summed E-state index contributed by atoms with van der Waals surface area (Å²) in [5.74, 6) is -0.259. The van der Waals surface area contributed by atoms with Crippen molar-refractivity contribution in [2.75, 3.05) is 25.9 Å². The number of likely N-dealkylation sites (tertiary alicyclic amines) is 1. The Kier molecular flexibility index (Phi) is 4.37. The summed E-state index contributed by atoms with van der Waals surface area (Å²) in [5, 5.41) is 0. The lowest BCUT2D eigenvalue weighted by Crippen LogP contribution is -2.26. The number of rotatable bonds is 4. The number of aromatic nitrogens is 1. The van der Waals surface area contributed by atoms with Crippen LogP contribution in [0.5, 0.6) is 5.88 Å². The smallest absolute Gasteiger partial charge is 0.416 e. The van der Waals surface area contributed by atoms with E-state index in [0.717, 1.165) is 37.9 Å². The highest BCUT2D eigenvalue weighted by molar-refractivity contribution is 5.38. The number of halogens is 3. The predicted molar refractivity (Wildman–Crippen MR) is 69.4 cm³/mol. The monoisotopic (exact) mass is 289 g/mol. The molecule has 0 amide bonds. The second kappa shape index (κ2) is 5.87. The quantitative estimate of drug-likeness (QED) is 0.925. The van der Waals surface area contributed by atoms with Crippen LogP contribution in [0.15, 0.2) is 12.1 Å². The maximum Gasteiger partial charge on any atom is 0.416 e. The lowest BCUT2D eigenvalue weighted by molar-refractivity contribution is -0.137. The summed E-state index contributed by atoms with van der Waals surface area (Å²) in [6, 6.07) is 2.12. The Morgan fingerprint density at radius 1 is 1.45 bits per heavy atom. The Morgan fingerprint density at radius 3 is 2.80 bits per heavy atom. The van der Waals surface area contributed by atoms with Gasteiger partial charge in [-0.1, -0.05) is 0 Å². The minimum absolute atomic E-state index is 0.0713. The van der Waals surface area contributed by atoms with E-state index in [-0.39, 0.29) is 11.7 Å². The molecule has 1 aliphatic rings. The molecular weight excluding hydrogens is 271 g/mol. The van der Waals surface area contributed by atoms with E-state index in [1.807, 2.05) is 7.05 Å². The lowest BCUT2D eigenvalue weighted by Gasteiger charge is -2.19. The number of hydrogen-bond donors (Lipinski definition) is 1. The standard InChI is InChI=1S/C13H18F3N3O/c1-19-5-2-3-10(19)4-6-20-12-8-9(13(14,15)16)7-11(17)18-12/h7-8,10H,2-6H2,1H3,(H2,17,18). The number of anilines is 1. The van der Waals surface area contributed by atoms with Crippen molar-refractivity contribution in [2.45, 2.75) is 31.5 Å². The SMILES string of the molecule is CN1CCCC1CCOc1cc(C(F)(F)F)cc(N)n1. The number of nitrogen functional groups attached to an aromatic ring is 1. The molecule has 1 aromatic rings. The van der Waals surface area contributed by atoms with Crippen LogP contribution in [0.2, 0.25) is 0 Å². The molecule has 7 heteroatoms. The lowest BCUT2D eigenvalue weighted by atomic mass is 10.1. The first-order chi connectivity index (χ1) is 9.36. The van der Waals surface area contributed by atoms with Crippen LogP contribution in [0.1, 0.15) is 24.8 Å². The third-order valence-electron chi connectivity index (χ3n) is 3.52. The first-order valence-electron chi connectivity index (χ1n) is 6.54. The van der Waals surface area contributed by atoms with E-state index in [2.05, 4.69) is 9.88 Å². The van der Waals surface area contributed by atoms with Crippen LogP contribution >= 0.6 is 0 Å². The molecule has 20 heavy (non-hydrogen) atoms. The zero-order valence-corrected chi connectivity index (χ0v) is 11.3. The largest absolute Gasteiger partial charge is 0.478 e. The highest BCUT2D eigenvalue weighted by atomic mass is 19.4. The maximum atomic E-state index is 12.6. The zero-order chi connectivity index (χ0) is 14.8. The van der Waals surface area contributed by atoms with Gasteiger partial charge in [-0.3, -0.25) is 0 Å². The molecule has 2 rings (SSSR count). The number of nitrogens with two attached hydrogens (primary N) is 1. The van der Waals surface area contributed by atoms with Crippen LogP contribution in [-0.2, 0) is 6.18 Å². The summed E-state index contributed by atoms with van der Waals surface area (Å²) in [7, 11) is 2.04. The molecule has 0 saturated carbocycles. The van der Waals surface area contributed by atoms with E-state index in [0.29, 0.717) is 12.6 Å². The van der Waals surface area contributed by atoms with Crippen LogP contribution in [0.4, 0.5) is 19.0 Å². The van der Waals surface area contributed by atoms with Gasteiger partial charge in [0.1, 0.15) is 5.82 Å². The highest BCUT2D eigenvalue weighted by Gasteiger charge is 2.31. The van der Waals surface area contributed by atoms with Gasteiger partial charge in [-0.15, -0.1) is 0 Å². The van der Waals surface area contributed by atoms with Crippen LogP contribution in [-0.4, -0.2) is 36.1 Å². The molecule has 0 aromatic carbocycles. The number of pyridine rings is 1. The van der Waals surface area contributed by atoms with Gasteiger partial charge in [0, 0.05) is 12.1 Å². The number of nitrogens with zero attached hydrogens (tertiary/aromatic N) is 2. The molecule has 4 nitrogen and oxygen atoms in total. The van der Waals surface area contributed by atoms with E-state index >= 15 is 0 Å². The minimum atomic E-state index is -4.44. The molecule has 1 saturated heterocycles. The Morgan fingerprint density at radius 2 is 2.20 bits per heavy atom. The van der Waals surface area contributed by atoms with E-state index < -0.39 is 11.7 Å². The summed E-state index contributed by atoms with van der Waals surface area (Å²) in [6.45, 7) is 1.39. The van der Waals surface area contributed by atoms with Crippen molar-refractivity contribution in [3.8, 4) is 5.88 Å². The number of alkyl halides is 3. The van der Waals surface area contributed by atoms with Gasteiger partial charge in [-0.05, 0) is 38.9 Å². The fourth-order valence-corrected chi connectivity index (χ4v) is 2.41. The van der Waals surface area contributed by atoms with Crippen LogP contribution in [0, 0.1) is 0 Å². The molecule has 2 N–H and O–H groups in total. The van der Waals surface area contributed by atoms with Crippen molar-refractivity contribution in [1.82, 2.24) is 9.88 Å². The molecule has 0 spiro atoms. The Balaban J connectivity index is 1.94. The third kappa shape index (κ3) is 3.75. The first kappa shape index (κ1) is 14.9. The summed E-state index contributed by atoms with van der Waals surface area (Å²) in [4.78, 5) is 6.01. The Bertz CT molecular complexity index is 465. The second-order valence-corrected chi connectivity index (χ2v) is 5.03. The van der Waals surface area contributed by atoms with Crippen molar-refractivity contribution < 1.29 is 17.9 Å². The van der Waals surface area contributed by atoms with Crippen molar-refractivity contribution in [3.63, 3.8) is 0 Å². The minimum Gasteiger partial charge on any atom is -0.478 e. The summed E-state index contributed by atoms with van der Waals surface area (Å²) < 4.78 is 43.2. The van der Waals surface area contributed by atoms with Gasteiger partial charge >= 0.3 is 6.18 Å². The molecule has 112 valence electrons. The van der Waals surface area contributed by atoms with Gasteiger partial charge in [0.05, 0.1) is 12.2 Å². The molecule has 2 heterocycles. The molecule has 1 aliphatic heterocycles. The molecule has 0 radical (unpaired) electrons. The average molecular weight is 289 g/mol. The van der Waals surface area contributed by atoms with Gasteiger partial charge in [0.15, 0.2) is 0 Å². The Hall–Kier alpha value is -1.50. The topological polar surface area (TPSA) is 51.4 Å². The highest BCUT2D eigenvalue weighted by Crippen LogP contribution is 2.32. The van der Waals surface area contributed by atoms with Crippen molar-refractivity contribution in [1.29, 1.82) is 0 Å². The second-order valence-electron chi connectivity index (χ2n) is 5.03. The maximum absolute atomic E-state index is 12.6. The Labute approximate surface area is 115 Å². The van der Waals surface area contributed by atoms with Crippen molar-refractivity contribution in [3.05, 3.63) is 17.7 Å². The van der Waals surface area contributed by atoms with E-state index in [1.165, 1.54) is 0 Å². The number of ether oxygens (including phenoxy) is 1. The molecular formula is C13H18F3N3O.